The van der Waals surface area contributed by atoms with Crippen molar-refractivity contribution in [1.82, 2.24) is 16.3 Å². The van der Waals surface area contributed by atoms with E-state index in [9.17, 15) is 0 Å². The lowest BCUT2D eigenvalue weighted by Gasteiger charge is -2.23. The minimum absolute atomic E-state index is 0.145. The van der Waals surface area contributed by atoms with E-state index in [4.69, 9.17) is 4.84 Å². The minimum atomic E-state index is 0.145. The summed E-state index contributed by atoms with van der Waals surface area (Å²) in [6.45, 7) is 5.84. The summed E-state index contributed by atoms with van der Waals surface area (Å²) in [5, 5.41) is 0. The van der Waals surface area contributed by atoms with Crippen molar-refractivity contribution in [3.8, 4) is 0 Å². The second kappa shape index (κ2) is 5.49. The summed E-state index contributed by atoms with van der Waals surface area (Å²) in [5.74, 6) is 0. The first kappa shape index (κ1) is 10.8. The molecule has 0 radical (unpaired) electrons. The Kier molecular flexibility index (Phi) is 5.41. The van der Waals surface area contributed by atoms with Crippen molar-refractivity contribution >= 4 is 0 Å². The number of hydroxylamine groups is 1. The molecular weight excluding hydrogens is 142 g/mol. The zero-order chi connectivity index (χ0) is 8.74. The standard InChI is InChI=1S/C7H19N3O/c1-7(2,5-10-8-3)6-11-9-4/h8-10H,5-6H2,1-4H3. The van der Waals surface area contributed by atoms with E-state index < -0.39 is 0 Å². The van der Waals surface area contributed by atoms with Crippen LogP contribution in [0, 0.1) is 5.41 Å². The van der Waals surface area contributed by atoms with Crippen molar-refractivity contribution in [3.05, 3.63) is 0 Å². The van der Waals surface area contributed by atoms with E-state index in [-0.39, 0.29) is 5.41 Å². The van der Waals surface area contributed by atoms with Crippen molar-refractivity contribution in [1.29, 1.82) is 0 Å². The predicted octanol–water partition coefficient (Wildman–Crippen LogP) is -0.112. The van der Waals surface area contributed by atoms with Gasteiger partial charge >= 0.3 is 0 Å². The highest BCUT2D eigenvalue weighted by atomic mass is 16.6. The van der Waals surface area contributed by atoms with Gasteiger partial charge in [-0.15, -0.1) is 0 Å². The molecule has 0 aliphatic rings. The average Bonchev–Trinajstić information content (AvgIpc) is 1.97. The summed E-state index contributed by atoms with van der Waals surface area (Å²) in [6, 6.07) is 0. The summed E-state index contributed by atoms with van der Waals surface area (Å²) < 4.78 is 0. The third-order valence-corrected chi connectivity index (χ3v) is 1.35. The van der Waals surface area contributed by atoms with Crippen LogP contribution in [0.3, 0.4) is 0 Å². The molecule has 0 bridgehead atoms. The Labute approximate surface area is 68.6 Å². The molecule has 0 spiro atoms. The zero-order valence-corrected chi connectivity index (χ0v) is 7.82. The van der Waals surface area contributed by atoms with Gasteiger partial charge in [-0.1, -0.05) is 13.8 Å². The molecular formula is C7H19N3O. The quantitative estimate of drug-likeness (QED) is 0.476. The van der Waals surface area contributed by atoms with Crippen molar-refractivity contribution in [2.24, 2.45) is 5.41 Å². The second-order valence-corrected chi connectivity index (χ2v) is 3.26. The van der Waals surface area contributed by atoms with Gasteiger partial charge in [0.2, 0.25) is 0 Å². The predicted molar refractivity (Wildman–Crippen MR) is 45.9 cm³/mol. The maximum absolute atomic E-state index is 5.08. The monoisotopic (exact) mass is 161 g/mol. The maximum Gasteiger partial charge on any atom is 0.0745 e. The summed E-state index contributed by atoms with van der Waals surface area (Å²) >= 11 is 0. The number of hydrogen-bond donors (Lipinski definition) is 3. The molecule has 0 heterocycles. The van der Waals surface area contributed by atoms with Crippen LogP contribution in [-0.2, 0) is 4.84 Å². The van der Waals surface area contributed by atoms with E-state index >= 15 is 0 Å². The van der Waals surface area contributed by atoms with Crippen LogP contribution in [0.1, 0.15) is 13.8 Å². The van der Waals surface area contributed by atoms with Crippen LogP contribution < -0.4 is 16.3 Å². The Balaban J connectivity index is 3.43. The first-order chi connectivity index (χ1) is 5.12. The number of rotatable bonds is 6. The van der Waals surface area contributed by atoms with Gasteiger partial charge in [0.15, 0.2) is 0 Å². The molecule has 4 nitrogen and oxygen atoms in total. The van der Waals surface area contributed by atoms with E-state index in [1.165, 1.54) is 0 Å². The van der Waals surface area contributed by atoms with Crippen LogP contribution in [-0.4, -0.2) is 27.2 Å². The van der Waals surface area contributed by atoms with Crippen LogP contribution in [0.25, 0.3) is 0 Å². The molecule has 3 N–H and O–H groups in total. The molecule has 0 atom stereocenters. The number of hydrogen-bond acceptors (Lipinski definition) is 4. The maximum atomic E-state index is 5.08. The molecule has 0 amide bonds. The van der Waals surface area contributed by atoms with E-state index in [1.807, 2.05) is 7.05 Å². The Morgan fingerprint density at radius 1 is 1.27 bits per heavy atom. The number of nitrogens with one attached hydrogen (secondary N) is 3. The average molecular weight is 161 g/mol. The number of hydrazine groups is 1. The Morgan fingerprint density at radius 2 is 1.91 bits per heavy atom. The van der Waals surface area contributed by atoms with Gasteiger partial charge in [-0.3, -0.25) is 10.9 Å². The van der Waals surface area contributed by atoms with E-state index in [0.29, 0.717) is 6.61 Å². The van der Waals surface area contributed by atoms with Crippen LogP contribution in [0.15, 0.2) is 0 Å². The van der Waals surface area contributed by atoms with E-state index in [0.717, 1.165) is 6.54 Å². The van der Waals surface area contributed by atoms with Crippen LogP contribution in [0.5, 0.6) is 0 Å². The van der Waals surface area contributed by atoms with Gasteiger partial charge in [0.05, 0.1) is 6.61 Å². The van der Waals surface area contributed by atoms with Gasteiger partial charge in [0, 0.05) is 19.0 Å². The molecule has 0 fully saturated rings. The molecule has 0 aromatic heterocycles. The third kappa shape index (κ3) is 6.25. The lowest BCUT2D eigenvalue weighted by molar-refractivity contribution is 0.00320. The van der Waals surface area contributed by atoms with Gasteiger partial charge in [0.1, 0.15) is 0 Å². The van der Waals surface area contributed by atoms with Gasteiger partial charge in [-0.2, -0.15) is 0 Å². The molecule has 0 saturated carbocycles. The highest BCUT2D eigenvalue weighted by Crippen LogP contribution is 2.12. The van der Waals surface area contributed by atoms with Gasteiger partial charge in [-0.25, -0.2) is 5.48 Å². The summed E-state index contributed by atoms with van der Waals surface area (Å²) in [4.78, 5) is 5.08. The molecule has 0 aliphatic heterocycles. The first-order valence-electron chi connectivity index (χ1n) is 3.80. The van der Waals surface area contributed by atoms with Crippen LogP contribution >= 0.6 is 0 Å². The molecule has 4 heteroatoms. The first-order valence-corrected chi connectivity index (χ1v) is 3.80. The smallest absolute Gasteiger partial charge is 0.0745 e. The zero-order valence-electron chi connectivity index (χ0n) is 7.82. The molecule has 68 valence electrons. The van der Waals surface area contributed by atoms with E-state index in [1.54, 1.807) is 7.05 Å². The summed E-state index contributed by atoms with van der Waals surface area (Å²) in [6.07, 6.45) is 0. The van der Waals surface area contributed by atoms with Gasteiger partial charge < -0.3 is 4.84 Å². The summed E-state index contributed by atoms with van der Waals surface area (Å²) in [5.41, 5.74) is 8.71. The Hall–Kier alpha value is -0.160. The molecule has 0 aliphatic carbocycles. The fourth-order valence-corrected chi connectivity index (χ4v) is 0.646. The minimum Gasteiger partial charge on any atom is -0.301 e. The van der Waals surface area contributed by atoms with E-state index in [2.05, 4.69) is 30.2 Å². The summed E-state index contributed by atoms with van der Waals surface area (Å²) in [7, 11) is 3.62. The SMILES string of the molecule is CNNCC(C)(C)CONC. The van der Waals surface area contributed by atoms with Gasteiger partial charge in [-0.05, 0) is 7.05 Å². The third-order valence-electron chi connectivity index (χ3n) is 1.35. The highest BCUT2D eigenvalue weighted by Gasteiger charge is 2.17. The Bertz CT molecular complexity index is 85.7. The molecule has 0 unspecified atom stereocenters. The molecule has 0 rings (SSSR count). The lowest BCUT2D eigenvalue weighted by atomic mass is 9.95. The second-order valence-electron chi connectivity index (χ2n) is 3.26. The fraction of sp³-hybridized carbons (Fsp3) is 1.00. The Morgan fingerprint density at radius 3 is 2.36 bits per heavy atom. The highest BCUT2D eigenvalue weighted by molar-refractivity contribution is 4.68. The van der Waals surface area contributed by atoms with Crippen molar-refractivity contribution in [3.63, 3.8) is 0 Å². The molecule has 11 heavy (non-hydrogen) atoms. The molecule has 0 aromatic carbocycles. The topological polar surface area (TPSA) is 45.3 Å². The lowest BCUT2D eigenvalue weighted by Crippen LogP contribution is -2.39. The van der Waals surface area contributed by atoms with Crippen molar-refractivity contribution in [2.75, 3.05) is 27.2 Å². The van der Waals surface area contributed by atoms with Crippen LogP contribution in [0.2, 0.25) is 0 Å². The normalized spacial score (nSPS) is 12.0. The molecule has 0 saturated heterocycles. The van der Waals surface area contributed by atoms with Crippen molar-refractivity contribution in [2.45, 2.75) is 13.8 Å². The largest absolute Gasteiger partial charge is 0.301 e. The molecule has 0 aromatic rings. The van der Waals surface area contributed by atoms with Crippen molar-refractivity contribution < 1.29 is 4.84 Å². The fourth-order valence-electron chi connectivity index (χ4n) is 0.646. The van der Waals surface area contributed by atoms with Crippen LogP contribution in [0.4, 0.5) is 0 Å². The van der Waals surface area contributed by atoms with Gasteiger partial charge in [0.25, 0.3) is 0 Å².